The number of para-hydroxylation sites is 2. The Morgan fingerprint density at radius 1 is 0.639 bits per heavy atom. The van der Waals surface area contributed by atoms with Crippen LogP contribution in [0.15, 0.2) is 115 Å². The van der Waals surface area contributed by atoms with Gasteiger partial charge in [0, 0.05) is 22.6 Å². The number of carbonyl (C=O) groups excluding carboxylic acids is 1. The molecule has 1 heterocycles. The van der Waals surface area contributed by atoms with Gasteiger partial charge < -0.3 is 4.90 Å². The quantitative estimate of drug-likeness (QED) is 0.193. The van der Waals surface area contributed by atoms with Crippen molar-refractivity contribution in [2.24, 2.45) is 0 Å². The Morgan fingerprint density at radius 3 is 1.61 bits per heavy atom. The van der Waals surface area contributed by atoms with Crippen LogP contribution in [-0.4, -0.2) is 28.9 Å². The number of carbonyl (C=O) groups is 1. The molecule has 0 saturated heterocycles. The van der Waals surface area contributed by atoms with E-state index in [4.69, 9.17) is 10.2 Å². The van der Waals surface area contributed by atoms with Gasteiger partial charge in [0.2, 0.25) is 5.78 Å². The molecule has 5 nitrogen and oxygen atoms in total. The van der Waals surface area contributed by atoms with Gasteiger partial charge in [0.25, 0.3) is 0 Å². The minimum Gasteiger partial charge on any atom is -0.311 e. The lowest BCUT2D eigenvalue weighted by molar-refractivity contribution is 0.103. The first-order chi connectivity index (χ1) is 17.4. The highest BCUT2D eigenvalue weighted by Gasteiger charge is 2.30. The fourth-order valence-electron chi connectivity index (χ4n) is 4.14. The second-order valence-corrected chi connectivity index (χ2v) is 14.6. The van der Waals surface area contributed by atoms with E-state index in [2.05, 4.69) is 60.9 Å². The van der Waals surface area contributed by atoms with Crippen LogP contribution in [0.25, 0.3) is 5.69 Å². The fourth-order valence-corrected chi connectivity index (χ4v) is 5.41. The van der Waals surface area contributed by atoms with Crippen LogP contribution in [0, 0.1) is 0 Å². The minimum atomic E-state index is -1.93. The zero-order valence-electron chi connectivity index (χ0n) is 20.7. The third-order valence-electron chi connectivity index (χ3n) is 5.94. The summed E-state index contributed by atoms with van der Waals surface area (Å²) in [6, 6.07) is 38.0. The molecular formula is C30H28N4OSi. The normalized spacial score (nSPS) is 11.3. The van der Waals surface area contributed by atoms with E-state index in [0.29, 0.717) is 11.3 Å². The highest BCUT2D eigenvalue weighted by molar-refractivity contribution is 6.88. The summed E-state index contributed by atoms with van der Waals surface area (Å²) in [5.41, 5.74) is 5.05. The highest BCUT2D eigenvalue weighted by atomic mass is 28.3. The summed E-state index contributed by atoms with van der Waals surface area (Å²) < 4.78 is 0. The Kier molecular flexibility index (Phi) is 6.35. The Labute approximate surface area is 212 Å². The van der Waals surface area contributed by atoms with Gasteiger partial charge in [0.05, 0.1) is 11.0 Å². The molecule has 0 bridgehead atoms. The van der Waals surface area contributed by atoms with Crippen LogP contribution in [0.3, 0.4) is 0 Å². The molecule has 0 aliphatic heterocycles. The van der Waals surface area contributed by atoms with Gasteiger partial charge in [-0.3, -0.25) is 4.79 Å². The monoisotopic (exact) mass is 488 g/mol. The van der Waals surface area contributed by atoms with E-state index in [0.717, 1.165) is 28.1 Å². The van der Waals surface area contributed by atoms with Crippen LogP contribution in [0.5, 0.6) is 0 Å². The average molecular weight is 489 g/mol. The van der Waals surface area contributed by atoms with Gasteiger partial charge in [-0.05, 0) is 48.5 Å². The summed E-state index contributed by atoms with van der Waals surface area (Å²) in [6.45, 7) is 6.55. The predicted octanol–water partition coefficient (Wildman–Crippen LogP) is 6.51. The molecule has 0 amide bonds. The van der Waals surface area contributed by atoms with Crippen LogP contribution >= 0.6 is 0 Å². The van der Waals surface area contributed by atoms with Gasteiger partial charge in [-0.15, -0.1) is 5.10 Å². The van der Waals surface area contributed by atoms with E-state index < -0.39 is 8.07 Å². The largest absolute Gasteiger partial charge is 0.311 e. The van der Waals surface area contributed by atoms with E-state index in [-0.39, 0.29) is 5.78 Å². The standard InChI is InChI=1S/C30H28N4OSi/c1-36(2,3)30-28(29(35)23-13-7-4-8-14-23)31-34(32-30)27-21-19-26(20-22-27)33(24-15-9-5-10-16-24)25-17-11-6-12-18-25/h4-22H,1-3H3. The van der Waals surface area contributed by atoms with Gasteiger partial charge >= 0.3 is 0 Å². The summed E-state index contributed by atoms with van der Waals surface area (Å²) in [4.78, 5) is 17.1. The van der Waals surface area contributed by atoms with Gasteiger partial charge in [0.1, 0.15) is 8.07 Å². The van der Waals surface area contributed by atoms with Gasteiger partial charge in [-0.25, -0.2) is 0 Å². The zero-order valence-corrected chi connectivity index (χ0v) is 21.7. The number of ketones is 1. The molecule has 4 aromatic carbocycles. The van der Waals surface area contributed by atoms with E-state index in [1.165, 1.54) is 0 Å². The molecule has 36 heavy (non-hydrogen) atoms. The number of aromatic nitrogens is 3. The van der Waals surface area contributed by atoms with Crippen molar-refractivity contribution < 1.29 is 4.79 Å². The van der Waals surface area contributed by atoms with Crippen molar-refractivity contribution in [3.05, 3.63) is 127 Å². The van der Waals surface area contributed by atoms with Crippen LogP contribution in [-0.2, 0) is 0 Å². The van der Waals surface area contributed by atoms with Crippen molar-refractivity contribution in [3.63, 3.8) is 0 Å². The lowest BCUT2D eigenvalue weighted by atomic mass is 10.1. The van der Waals surface area contributed by atoms with Crippen LogP contribution < -0.4 is 10.2 Å². The van der Waals surface area contributed by atoms with E-state index in [1.54, 1.807) is 4.80 Å². The van der Waals surface area contributed by atoms with Crippen LogP contribution in [0.2, 0.25) is 19.6 Å². The summed E-state index contributed by atoms with van der Waals surface area (Å²) in [5, 5.41) is 10.3. The van der Waals surface area contributed by atoms with Gasteiger partial charge in [0.15, 0.2) is 5.69 Å². The smallest absolute Gasteiger partial charge is 0.214 e. The molecule has 0 aliphatic carbocycles. The summed E-state index contributed by atoms with van der Waals surface area (Å²) >= 11 is 0. The third-order valence-corrected chi connectivity index (χ3v) is 7.70. The summed E-state index contributed by atoms with van der Waals surface area (Å²) in [5.74, 6) is -0.0878. The van der Waals surface area contributed by atoms with E-state index >= 15 is 0 Å². The second-order valence-electron chi connectivity index (χ2n) is 9.65. The number of rotatable bonds is 7. The molecule has 0 fully saturated rings. The molecule has 5 rings (SSSR count). The number of hydrogen-bond acceptors (Lipinski definition) is 4. The number of anilines is 3. The second kappa shape index (κ2) is 9.75. The molecule has 6 heteroatoms. The van der Waals surface area contributed by atoms with Crippen LogP contribution in [0.4, 0.5) is 17.1 Å². The Balaban J connectivity index is 1.53. The number of benzene rings is 4. The summed E-state index contributed by atoms with van der Waals surface area (Å²) in [6.07, 6.45) is 0. The maximum Gasteiger partial charge on any atom is 0.214 e. The van der Waals surface area contributed by atoms with Crippen molar-refractivity contribution in [2.75, 3.05) is 4.90 Å². The van der Waals surface area contributed by atoms with Gasteiger partial charge in [-0.2, -0.15) is 9.90 Å². The SMILES string of the molecule is C[Si](C)(C)c1nn(-c2ccc(N(c3ccccc3)c3ccccc3)cc2)nc1C(=O)c1ccccc1. The lowest BCUT2D eigenvalue weighted by Crippen LogP contribution is -2.42. The zero-order chi connectivity index (χ0) is 25.1. The molecular weight excluding hydrogens is 460 g/mol. The number of hydrogen-bond donors (Lipinski definition) is 0. The molecule has 0 saturated carbocycles. The van der Waals surface area contributed by atoms with E-state index in [9.17, 15) is 4.79 Å². The Bertz CT molecular complexity index is 1420. The maximum absolute atomic E-state index is 13.3. The van der Waals surface area contributed by atoms with E-state index in [1.807, 2.05) is 78.9 Å². The van der Waals surface area contributed by atoms with Crippen molar-refractivity contribution in [1.29, 1.82) is 0 Å². The molecule has 0 spiro atoms. The van der Waals surface area contributed by atoms with Gasteiger partial charge in [-0.1, -0.05) is 86.4 Å². The molecule has 178 valence electrons. The van der Waals surface area contributed by atoms with Crippen LogP contribution in [0.1, 0.15) is 16.1 Å². The first-order valence-electron chi connectivity index (χ1n) is 12.0. The molecule has 0 aliphatic rings. The molecule has 0 atom stereocenters. The fraction of sp³-hybridized carbons (Fsp3) is 0.100. The topological polar surface area (TPSA) is 51.0 Å². The van der Waals surface area contributed by atoms with Crippen molar-refractivity contribution in [2.45, 2.75) is 19.6 Å². The highest BCUT2D eigenvalue weighted by Crippen LogP contribution is 2.34. The van der Waals surface area contributed by atoms with Crippen molar-refractivity contribution >= 4 is 36.2 Å². The molecule has 0 radical (unpaired) electrons. The Morgan fingerprint density at radius 2 is 1.11 bits per heavy atom. The Hall–Kier alpha value is -4.29. The minimum absolute atomic E-state index is 0.0878. The third kappa shape index (κ3) is 4.76. The summed E-state index contributed by atoms with van der Waals surface area (Å²) in [7, 11) is -1.93. The molecule has 5 aromatic rings. The van der Waals surface area contributed by atoms with Crippen molar-refractivity contribution in [3.8, 4) is 5.69 Å². The molecule has 0 unspecified atom stereocenters. The first kappa shape index (κ1) is 23.4. The predicted molar refractivity (Wildman–Crippen MR) is 149 cm³/mol. The first-order valence-corrected chi connectivity index (χ1v) is 15.5. The number of nitrogens with zero attached hydrogens (tertiary/aromatic N) is 4. The maximum atomic E-state index is 13.3. The average Bonchev–Trinajstić information content (AvgIpc) is 3.37. The van der Waals surface area contributed by atoms with Crippen molar-refractivity contribution in [1.82, 2.24) is 15.0 Å². The lowest BCUT2D eigenvalue weighted by Gasteiger charge is -2.25. The molecule has 0 N–H and O–H groups in total. The molecule has 1 aromatic heterocycles.